The molecule has 0 aromatic heterocycles. The first kappa shape index (κ1) is 14.9. The number of hydrogen-bond acceptors (Lipinski definition) is 2. The highest BCUT2D eigenvalue weighted by atomic mass is 35.5. The van der Waals surface area contributed by atoms with Crippen molar-refractivity contribution >= 4 is 18.3 Å². The van der Waals surface area contributed by atoms with E-state index in [4.69, 9.17) is 5.73 Å². The zero-order valence-corrected chi connectivity index (χ0v) is 10.9. The van der Waals surface area contributed by atoms with Crippen LogP contribution in [0.2, 0.25) is 0 Å². The van der Waals surface area contributed by atoms with Crippen molar-refractivity contribution in [1.82, 2.24) is 5.32 Å². The van der Waals surface area contributed by atoms with Crippen molar-refractivity contribution in [1.29, 1.82) is 0 Å². The van der Waals surface area contributed by atoms with Crippen molar-refractivity contribution < 1.29 is 9.18 Å². The van der Waals surface area contributed by atoms with Gasteiger partial charge in [-0.1, -0.05) is 18.6 Å². The van der Waals surface area contributed by atoms with Crippen molar-refractivity contribution in [2.45, 2.75) is 31.8 Å². The van der Waals surface area contributed by atoms with E-state index in [0.29, 0.717) is 6.54 Å². The SMILES string of the molecule is Cl.NC1CCCC1C(=O)NCc1cccc(F)c1. The maximum Gasteiger partial charge on any atom is 0.224 e. The molecule has 0 radical (unpaired) electrons. The number of hydrogen-bond donors (Lipinski definition) is 2. The van der Waals surface area contributed by atoms with E-state index in [1.54, 1.807) is 12.1 Å². The molecular weight excluding hydrogens is 255 g/mol. The molecule has 1 amide bonds. The molecule has 2 unspecified atom stereocenters. The number of halogens is 2. The van der Waals surface area contributed by atoms with Gasteiger partial charge in [-0.3, -0.25) is 4.79 Å². The molecule has 1 aliphatic rings. The summed E-state index contributed by atoms with van der Waals surface area (Å²) in [7, 11) is 0. The highest BCUT2D eigenvalue weighted by Gasteiger charge is 2.29. The third-order valence-electron chi connectivity index (χ3n) is 3.26. The lowest BCUT2D eigenvalue weighted by Gasteiger charge is -2.15. The van der Waals surface area contributed by atoms with Gasteiger partial charge in [-0.05, 0) is 30.5 Å². The predicted molar refractivity (Wildman–Crippen MR) is 70.8 cm³/mol. The van der Waals surface area contributed by atoms with Gasteiger partial charge in [-0.15, -0.1) is 12.4 Å². The second-order valence-corrected chi connectivity index (χ2v) is 4.55. The molecule has 1 aromatic carbocycles. The number of rotatable bonds is 3. The third-order valence-corrected chi connectivity index (χ3v) is 3.26. The van der Waals surface area contributed by atoms with Gasteiger partial charge in [0.05, 0.1) is 5.92 Å². The lowest BCUT2D eigenvalue weighted by atomic mass is 10.0. The third kappa shape index (κ3) is 3.68. The molecule has 0 heterocycles. The fourth-order valence-electron chi connectivity index (χ4n) is 2.28. The Morgan fingerprint density at radius 1 is 1.44 bits per heavy atom. The maximum absolute atomic E-state index is 12.9. The number of carbonyl (C=O) groups excluding carboxylic acids is 1. The Balaban J connectivity index is 0.00000162. The highest BCUT2D eigenvalue weighted by molar-refractivity contribution is 5.85. The van der Waals surface area contributed by atoms with E-state index >= 15 is 0 Å². The van der Waals surface area contributed by atoms with Crippen LogP contribution in [0.3, 0.4) is 0 Å². The van der Waals surface area contributed by atoms with Crippen molar-refractivity contribution in [3.63, 3.8) is 0 Å². The minimum absolute atomic E-state index is 0. The van der Waals surface area contributed by atoms with Gasteiger partial charge in [-0.25, -0.2) is 4.39 Å². The van der Waals surface area contributed by atoms with E-state index in [1.807, 2.05) is 0 Å². The first-order valence-corrected chi connectivity index (χ1v) is 5.94. The molecule has 0 saturated heterocycles. The number of benzene rings is 1. The van der Waals surface area contributed by atoms with Gasteiger partial charge in [0.2, 0.25) is 5.91 Å². The van der Waals surface area contributed by atoms with Gasteiger partial charge in [0, 0.05) is 12.6 Å². The molecule has 0 bridgehead atoms. The van der Waals surface area contributed by atoms with E-state index in [-0.39, 0.29) is 36.1 Å². The smallest absolute Gasteiger partial charge is 0.224 e. The zero-order chi connectivity index (χ0) is 12.3. The van der Waals surface area contributed by atoms with Crippen LogP contribution in [-0.4, -0.2) is 11.9 Å². The summed E-state index contributed by atoms with van der Waals surface area (Å²) in [6.07, 6.45) is 2.79. The lowest BCUT2D eigenvalue weighted by Crippen LogP contribution is -2.38. The van der Waals surface area contributed by atoms with Crippen LogP contribution in [0.1, 0.15) is 24.8 Å². The maximum atomic E-state index is 12.9. The van der Waals surface area contributed by atoms with Gasteiger partial charge in [0.25, 0.3) is 0 Å². The van der Waals surface area contributed by atoms with E-state index in [2.05, 4.69) is 5.32 Å². The van der Waals surface area contributed by atoms with Gasteiger partial charge in [0.15, 0.2) is 0 Å². The van der Waals surface area contributed by atoms with Crippen LogP contribution in [0.25, 0.3) is 0 Å². The Hall–Kier alpha value is -1.13. The molecule has 18 heavy (non-hydrogen) atoms. The van der Waals surface area contributed by atoms with Crippen LogP contribution < -0.4 is 11.1 Å². The second-order valence-electron chi connectivity index (χ2n) is 4.55. The number of carbonyl (C=O) groups is 1. The molecule has 0 aliphatic heterocycles. The molecule has 1 aliphatic carbocycles. The van der Waals surface area contributed by atoms with Crippen molar-refractivity contribution in [3.05, 3.63) is 35.6 Å². The van der Waals surface area contributed by atoms with E-state index in [0.717, 1.165) is 24.8 Å². The average Bonchev–Trinajstić information content (AvgIpc) is 2.72. The van der Waals surface area contributed by atoms with E-state index in [1.165, 1.54) is 12.1 Å². The molecule has 5 heteroatoms. The summed E-state index contributed by atoms with van der Waals surface area (Å²) < 4.78 is 12.9. The largest absolute Gasteiger partial charge is 0.352 e. The summed E-state index contributed by atoms with van der Waals surface area (Å²) >= 11 is 0. The monoisotopic (exact) mass is 272 g/mol. The molecule has 0 spiro atoms. The standard InChI is InChI=1S/C13H17FN2O.ClH/c14-10-4-1-3-9(7-10)8-16-13(17)11-5-2-6-12(11)15;/h1,3-4,7,11-12H,2,5-6,8,15H2,(H,16,17);1H. The normalized spacial score (nSPS) is 22.3. The second kappa shape index (κ2) is 6.71. The minimum atomic E-state index is -0.283. The molecule has 100 valence electrons. The number of amides is 1. The topological polar surface area (TPSA) is 55.1 Å². The van der Waals surface area contributed by atoms with Crippen molar-refractivity contribution in [2.24, 2.45) is 11.7 Å². The summed E-state index contributed by atoms with van der Waals surface area (Å²) in [4.78, 5) is 11.8. The molecule has 3 N–H and O–H groups in total. The summed E-state index contributed by atoms with van der Waals surface area (Å²) in [5.41, 5.74) is 6.62. The molecule has 1 aromatic rings. The lowest BCUT2D eigenvalue weighted by molar-refractivity contribution is -0.125. The molecule has 1 saturated carbocycles. The predicted octanol–water partition coefficient (Wildman–Crippen LogP) is 1.99. The Morgan fingerprint density at radius 3 is 2.83 bits per heavy atom. The first-order valence-electron chi connectivity index (χ1n) is 5.94. The number of nitrogens with two attached hydrogens (primary N) is 1. The molecule has 1 fully saturated rings. The minimum Gasteiger partial charge on any atom is -0.352 e. The van der Waals surface area contributed by atoms with Crippen LogP contribution in [-0.2, 0) is 11.3 Å². The molecule has 2 rings (SSSR count). The van der Waals surface area contributed by atoms with E-state index < -0.39 is 0 Å². The van der Waals surface area contributed by atoms with Crippen molar-refractivity contribution in [2.75, 3.05) is 0 Å². The van der Waals surface area contributed by atoms with Crippen LogP contribution in [0.4, 0.5) is 4.39 Å². The average molecular weight is 273 g/mol. The quantitative estimate of drug-likeness (QED) is 0.884. The first-order chi connectivity index (χ1) is 8.16. The fourth-order valence-corrected chi connectivity index (χ4v) is 2.28. The highest BCUT2D eigenvalue weighted by Crippen LogP contribution is 2.23. The van der Waals surface area contributed by atoms with E-state index in [9.17, 15) is 9.18 Å². The summed E-state index contributed by atoms with van der Waals surface area (Å²) in [5.74, 6) is -0.378. The molecule has 3 nitrogen and oxygen atoms in total. The Labute approximate surface area is 112 Å². The Kier molecular flexibility index (Phi) is 5.56. The van der Waals surface area contributed by atoms with Gasteiger partial charge in [0.1, 0.15) is 5.82 Å². The van der Waals surface area contributed by atoms with Gasteiger partial charge < -0.3 is 11.1 Å². The van der Waals surface area contributed by atoms with Crippen LogP contribution in [0, 0.1) is 11.7 Å². The summed E-state index contributed by atoms with van der Waals surface area (Å²) in [5, 5.41) is 2.81. The van der Waals surface area contributed by atoms with Crippen LogP contribution in [0.15, 0.2) is 24.3 Å². The fraction of sp³-hybridized carbons (Fsp3) is 0.462. The number of nitrogens with one attached hydrogen (secondary N) is 1. The summed E-state index contributed by atoms with van der Waals surface area (Å²) in [6.45, 7) is 0.361. The van der Waals surface area contributed by atoms with Crippen LogP contribution in [0.5, 0.6) is 0 Å². The molecule has 2 atom stereocenters. The van der Waals surface area contributed by atoms with Gasteiger partial charge >= 0.3 is 0 Å². The zero-order valence-electron chi connectivity index (χ0n) is 10.1. The molecular formula is C13H18ClFN2O. The van der Waals surface area contributed by atoms with Crippen molar-refractivity contribution in [3.8, 4) is 0 Å². The Bertz CT molecular complexity index is 414. The summed E-state index contributed by atoms with van der Waals surface area (Å²) in [6, 6.07) is 6.21. The Morgan fingerprint density at radius 2 is 2.22 bits per heavy atom. The van der Waals surface area contributed by atoms with Gasteiger partial charge in [-0.2, -0.15) is 0 Å². The van der Waals surface area contributed by atoms with Crippen LogP contribution >= 0.6 is 12.4 Å².